The summed E-state index contributed by atoms with van der Waals surface area (Å²) >= 11 is 0. The number of alkyl halides is 3. The lowest BCUT2D eigenvalue weighted by molar-refractivity contribution is -0.137. The van der Waals surface area contributed by atoms with Crippen molar-refractivity contribution in [3.63, 3.8) is 0 Å². The summed E-state index contributed by atoms with van der Waals surface area (Å²) in [5, 5.41) is 17.2. The molecule has 0 spiro atoms. The van der Waals surface area contributed by atoms with Crippen molar-refractivity contribution >= 4 is 23.2 Å². The zero-order chi connectivity index (χ0) is 25.0. The first-order valence-electron chi connectivity index (χ1n) is 10.4. The van der Waals surface area contributed by atoms with Crippen molar-refractivity contribution < 1.29 is 22.8 Å². The molecule has 0 bridgehead atoms. The molecular formula is C24H19F3N6O2. The van der Waals surface area contributed by atoms with Crippen molar-refractivity contribution in [1.82, 2.24) is 20.2 Å². The third-order valence-electron chi connectivity index (χ3n) is 4.98. The second-order valence-electron chi connectivity index (χ2n) is 7.62. The molecule has 2 amide bonds. The van der Waals surface area contributed by atoms with Crippen LogP contribution in [0.2, 0.25) is 0 Å². The van der Waals surface area contributed by atoms with Crippen LogP contribution >= 0.6 is 0 Å². The summed E-state index contributed by atoms with van der Waals surface area (Å²) in [7, 11) is 0. The average Bonchev–Trinajstić information content (AvgIpc) is 3.27. The number of carbonyl (C=O) groups excluding carboxylic acids is 2. The largest absolute Gasteiger partial charge is 0.416 e. The van der Waals surface area contributed by atoms with E-state index in [1.807, 2.05) is 31.2 Å². The summed E-state index contributed by atoms with van der Waals surface area (Å²) in [6.07, 6.45) is -4.52. The third-order valence-corrected chi connectivity index (χ3v) is 4.98. The molecule has 4 rings (SSSR count). The molecule has 0 fully saturated rings. The SMILES string of the molecule is Cc1ccccc1-c1nnn(CC(=O)Nc2cccc(C(=O)Nc3cccc(C(F)(F)F)c3)c2)n1. The molecule has 0 saturated carbocycles. The molecule has 1 heterocycles. The molecule has 0 saturated heterocycles. The number of nitrogens with one attached hydrogen (secondary N) is 2. The topological polar surface area (TPSA) is 102 Å². The zero-order valence-electron chi connectivity index (χ0n) is 18.4. The van der Waals surface area contributed by atoms with Crippen LogP contribution in [0.5, 0.6) is 0 Å². The first-order valence-corrected chi connectivity index (χ1v) is 10.4. The number of benzene rings is 3. The van der Waals surface area contributed by atoms with E-state index in [0.717, 1.165) is 28.1 Å². The smallest absolute Gasteiger partial charge is 0.324 e. The molecule has 0 aliphatic heterocycles. The maximum atomic E-state index is 12.9. The summed E-state index contributed by atoms with van der Waals surface area (Å²) < 4.78 is 38.7. The maximum Gasteiger partial charge on any atom is 0.416 e. The van der Waals surface area contributed by atoms with Crippen molar-refractivity contribution in [3.8, 4) is 11.4 Å². The van der Waals surface area contributed by atoms with Gasteiger partial charge in [0.1, 0.15) is 6.54 Å². The predicted molar refractivity (Wildman–Crippen MR) is 122 cm³/mol. The minimum atomic E-state index is -4.52. The van der Waals surface area contributed by atoms with Crippen LogP contribution in [-0.4, -0.2) is 32.0 Å². The number of aryl methyl sites for hydroxylation is 1. The molecule has 3 aromatic carbocycles. The fourth-order valence-corrected chi connectivity index (χ4v) is 3.29. The number of anilines is 2. The number of aromatic nitrogens is 4. The van der Waals surface area contributed by atoms with Gasteiger partial charge in [-0.05, 0) is 54.1 Å². The van der Waals surface area contributed by atoms with E-state index in [9.17, 15) is 22.8 Å². The molecular weight excluding hydrogens is 461 g/mol. The molecule has 11 heteroatoms. The van der Waals surface area contributed by atoms with Gasteiger partial charge >= 0.3 is 6.18 Å². The zero-order valence-corrected chi connectivity index (χ0v) is 18.4. The first kappa shape index (κ1) is 23.6. The number of tetrazole rings is 1. The number of amides is 2. The Bertz CT molecular complexity index is 1380. The summed E-state index contributed by atoms with van der Waals surface area (Å²) in [4.78, 5) is 26.1. The van der Waals surface area contributed by atoms with Crippen LogP contribution < -0.4 is 10.6 Å². The Kier molecular flexibility index (Phi) is 6.58. The van der Waals surface area contributed by atoms with Crippen LogP contribution in [0.1, 0.15) is 21.5 Å². The number of nitrogens with zero attached hydrogens (tertiary/aromatic N) is 4. The summed E-state index contributed by atoms with van der Waals surface area (Å²) in [6.45, 7) is 1.71. The Morgan fingerprint density at radius 2 is 1.63 bits per heavy atom. The number of hydrogen-bond donors (Lipinski definition) is 2. The van der Waals surface area contributed by atoms with Crippen LogP contribution in [0.4, 0.5) is 24.5 Å². The Morgan fingerprint density at radius 3 is 2.37 bits per heavy atom. The molecule has 1 aromatic heterocycles. The highest BCUT2D eigenvalue weighted by atomic mass is 19.4. The van der Waals surface area contributed by atoms with Crippen molar-refractivity contribution in [3.05, 3.63) is 89.5 Å². The van der Waals surface area contributed by atoms with Gasteiger partial charge in [-0.15, -0.1) is 10.2 Å². The van der Waals surface area contributed by atoms with E-state index in [4.69, 9.17) is 0 Å². The Morgan fingerprint density at radius 1 is 0.914 bits per heavy atom. The van der Waals surface area contributed by atoms with Gasteiger partial charge in [0, 0.05) is 22.5 Å². The quantitative estimate of drug-likeness (QED) is 0.421. The highest BCUT2D eigenvalue weighted by molar-refractivity contribution is 6.05. The van der Waals surface area contributed by atoms with Crippen molar-refractivity contribution in [2.24, 2.45) is 0 Å². The van der Waals surface area contributed by atoms with Gasteiger partial charge in [0.05, 0.1) is 5.56 Å². The number of halogens is 3. The van der Waals surface area contributed by atoms with E-state index in [2.05, 4.69) is 26.0 Å². The normalized spacial score (nSPS) is 11.2. The monoisotopic (exact) mass is 480 g/mol. The molecule has 0 aliphatic rings. The van der Waals surface area contributed by atoms with E-state index in [-0.39, 0.29) is 17.8 Å². The van der Waals surface area contributed by atoms with E-state index in [1.54, 1.807) is 12.1 Å². The fourth-order valence-electron chi connectivity index (χ4n) is 3.29. The lowest BCUT2D eigenvalue weighted by atomic mass is 10.1. The summed E-state index contributed by atoms with van der Waals surface area (Å²) in [5.74, 6) is -0.681. The van der Waals surface area contributed by atoms with Crippen LogP contribution in [0, 0.1) is 6.92 Å². The Hall–Kier alpha value is -4.54. The minimum Gasteiger partial charge on any atom is -0.324 e. The summed E-state index contributed by atoms with van der Waals surface area (Å²) in [6, 6.07) is 17.8. The van der Waals surface area contributed by atoms with Gasteiger partial charge < -0.3 is 10.6 Å². The molecule has 0 radical (unpaired) electrons. The molecule has 0 atom stereocenters. The van der Waals surface area contributed by atoms with Gasteiger partial charge in [0.25, 0.3) is 5.91 Å². The second-order valence-corrected chi connectivity index (χ2v) is 7.62. The minimum absolute atomic E-state index is 0.000905. The van der Waals surface area contributed by atoms with Crippen molar-refractivity contribution in [2.45, 2.75) is 19.6 Å². The maximum absolute atomic E-state index is 12.9. The van der Waals surface area contributed by atoms with Crippen LogP contribution in [0.15, 0.2) is 72.8 Å². The molecule has 8 nitrogen and oxygen atoms in total. The molecule has 0 aliphatic carbocycles. The lowest BCUT2D eigenvalue weighted by Gasteiger charge is -2.11. The van der Waals surface area contributed by atoms with E-state index in [1.165, 1.54) is 24.3 Å². The average molecular weight is 480 g/mol. The van der Waals surface area contributed by atoms with Gasteiger partial charge in [-0.25, -0.2) is 0 Å². The van der Waals surface area contributed by atoms with Crippen molar-refractivity contribution in [1.29, 1.82) is 0 Å². The Labute approximate surface area is 197 Å². The number of hydrogen-bond acceptors (Lipinski definition) is 5. The first-order chi connectivity index (χ1) is 16.7. The van der Waals surface area contributed by atoms with Gasteiger partial charge in [0.15, 0.2) is 0 Å². The summed E-state index contributed by atoms with van der Waals surface area (Å²) in [5.41, 5.74) is 1.38. The standard InChI is InChI=1S/C24H19F3N6O2/c1-15-6-2-3-11-20(15)22-30-32-33(31-22)14-21(34)28-18-9-4-7-16(12-18)23(35)29-19-10-5-8-17(13-19)24(25,26)27/h2-13H,14H2,1H3,(H,28,34)(H,29,35). The van der Waals surface area contributed by atoms with Gasteiger partial charge in [-0.3, -0.25) is 9.59 Å². The Balaban J connectivity index is 1.40. The molecule has 0 unspecified atom stereocenters. The second kappa shape index (κ2) is 9.75. The number of carbonyl (C=O) groups is 2. The van der Waals surface area contributed by atoms with Crippen LogP contribution in [0.3, 0.4) is 0 Å². The van der Waals surface area contributed by atoms with E-state index < -0.39 is 23.6 Å². The van der Waals surface area contributed by atoms with E-state index >= 15 is 0 Å². The van der Waals surface area contributed by atoms with Gasteiger partial charge in [0.2, 0.25) is 11.7 Å². The van der Waals surface area contributed by atoms with Gasteiger partial charge in [-0.2, -0.15) is 18.0 Å². The molecule has 35 heavy (non-hydrogen) atoms. The molecule has 4 aromatic rings. The van der Waals surface area contributed by atoms with E-state index in [0.29, 0.717) is 11.5 Å². The predicted octanol–water partition coefficient (Wildman–Crippen LogP) is 4.56. The molecule has 2 N–H and O–H groups in total. The van der Waals surface area contributed by atoms with Crippen LogP contribution in [0.25, 0.3) is 11.4 Å². The molecule has 178 valence electrons. The lowest BCUT2D eigenvalue weighted by Crippen LogP contribution is -2.21. The highest BCUT2D eigenvalue weighted by Gasteiger charge is 2.30. The van der Waals surface area contributed by atoms with Crippen LogP contribution in [-0.2, 0) is 17.5 Å². The van der Waals surface area contributed by atoms with Gasteiger partial charge in [-0.1, -0.05) is 36.4 Å². The fraction of sp³-hybridized carbons (Fsp3) is 0.125. The number of rotatable bonds is 6. The van der Waals surface area contributed by atoms with Crippen molar-refractivity contribution in [2.75, 3.05) is 10.6 Å². The third kappa shape index (κ3) is 5.88. The highest BCUT2D eigenvalue weighted by Crippen LogP contribution is 2.30.